The van der Waals surface area contributed by atoms with Gasteiger partial charge in [0, 0.05) is 34.3 Å². The predicted octanol–water partition coefficient (Wildman–Crippen LogP) is 3.90. The summed E-state index contributed by atoms with van der Waals surface area (Å²) in [5.74, 6) is -5.75. The van der Waals surface area contributed by atoms with Crippen LogP contribution < -0.4 is 4.74 Å². The number of nitrogens with zero attached hydrogens (tertiary/aromatic N) is 6. The maximum atomic E-state index is 14.1. The van der Waals surface area contributed by atoms with E-state index in [-0.39, 0.29) is 16.9 Å². The fourth-order valence-corrected chi connectivity index (χ4v) is 3.35. The molecule has 10 nitrogen and oxygen atoms in total. The molecule has 0 atom stereocenters. The number of ether oxygens (including phenoxy) is 1. The third-order valence-corrected chi connectivity index (χ3v) is 5.04. The lowest BCUT2D eigenvalue weighted by molar-refractivity contribution is -0.126. The lowest BCUT2D eigenvalue weighted by Gasteiger charge is -2.28. The van der Waals surface area contributed by atoms with Gasteiger partial charge in [-0.2, -0.15) is 5.10 Å². The number of hydrogen-bond donors (Lipinski definition) is 1. The van der Waals surface area contributed by atoms with Crippen LogP contribution in [0.3, 0.4) is 0 Å². The molecular formula is C27H25N7O3. The maximum absolute atomic E-state index is 14.1. The first-order valence-corrected chi connectivity index (χ1v) is 10.2. The Morgan fingerprint density at radius 1 is 1.24 bits per heavy atom. The van der Waals surface area contributed by atoms with Crippen molar-refractivity contribution in [3.63, 3.8) is 0 Å². The van der Waals surface area contributed by atoms with E-state index in [1.807, 2.05) is 0 Å². The number of carbonyl (C=O) groups is 2. The molecule has 37 heavy (non-hydrogen) atoms. The number of nitrogens with one attached hydrogen (secondary N) is 1. The Kier molecular flexibility index (Phi) is 2.80. The molecule has 4 aromatic rings. The minimum atomic E-state index is -4.06. The Morgan fingerprint density at radius 3 is 2.70 bits per heavy atom. The molecule has 1 aliphatic rings. The molecule has 1 fully saturated rings. The van der Waals surface area contributed by atoms with E-state index in [4.69, 9.17) is 36.0 Å². The zero-order valence-electron chi connectivity index (χ0n) is 36.6. The maximum Gasteiger partial charge on any atom is 0.295 e. The largest absolute Gasteiger partial charge is 0.494 e. The van der Waals surface area contributed by atoms with E-state index < -0.39 is 120 Å². The number of methoxy groups -OCH3 is 1. The van der Waals surface area contributed by atoms with Gasteiger partial charge in [-0.1, -0.05) is 35.3 Å². The fourth-order valence-electron chi connectivity index (χ4n) is 3.35. The molecule has 0 aliphatic carbocycles. The number of H-pyrrole nitrogens is 1. The van der Waals surface area contributed by atoms with Crippen LogP contribution in [-0.2, 0) is 4.79 Å². The van der Waals surface area contributed by atoms with Gasteiger partial charge in [-0.3, -0.25) is 9.59 Å². The average Bonchev–Trinajstić information content (AvgIpc) is 3.73. The number of aromatic nitrogens is 5. The van der Waals surface area contributed by atoms with Gasteiger partial charge in [0.05, 0.1) is 45.9 Å². The highest BCUT2D eigenvalue weighted by atomic mass is 16.5. The molecule has 0 radical (unpaired) electrons. The number of aryl methyl sites for hydroxylation is 1. The molecule has 0 saturated carbocycles. The third kappa shape index (κ3) is 4.36. The van der Waals surface area contributed by atoms with Crippen molar-refractivity contribution in [2.75, 3.05) is 20.0 Å². The summed E-state index contributed by atoms with van der Waals surface area (Å²) >= 11 is 0. The second kappa shape index (κ2) is 9.70. The van der Waals surface area contributed by atoms with Crippen molar-refractivity contribution in [3.8, 4) is 11.6 Å². The molecule has 5 rings (SSSR count). The Balaban J connectivity index is 1.73. The first kappa shape index (κ1) is 10.7. The normalized spacial score (nSPS) is 26.7. The molecule has 0 unspecified atom stereocenters. The molecule has 1 N–H and O–H groups in total. The second-order valence-corrected chi connectivity index (χ2v) is 7.29. The molecule has 0 bridgehead atoms. The van der Waals surface area contributed by atoms with Crippen molar-refractivity contribution < 1.29 is 39.0 Å². The summed E-state index contributed by atoms with van der Waals surface area (Å²) in [6, 6.07) is -3.29. The predicted molar refractivity (Wildman–Crippen MR) is 137 cm³/mol. The number of benzene rings is 1. The van der Waals surface area contributed by atoms with Crippen molar-refractivity contribution in [2.45, 2.75) is 26.5 Å². The van der Waals surface area contributed by atoms with Gasteiger partial charge in [0.25, 0.3) is 11.7 Å². The van der Waals surface area contributed by atoms with E-state index in [0.29, 0.717) is 0 Å². The van der Waals surface area contributed by atoms with Crippen LogP contribution in [0.25, 0.3) is 27.3 Å². The van der Waals surface area contributed by atoms with E-state index in [2.05, 4.69) is 24.9 Å². The van der Waals surface area contributed by atoms with E-state index >= 15 is 0 Å². The summed E-state index contributed by atoms with van der Waals surface area (Å²) in [6.07, 6.45) is -5.44. The van der Waals surface area contributed by atoms with E-state index in [0.717, 1.165) is 23.4 Å². The Morgan fingerprint density at radius 2 is 2.03 bits per heavy atom. The first-order valence-electron chi connectivity index (χ1n) is 19.2. The van der Waals surface area contributed by atoms with Crippen LogP contribution in [0.1, 0.15) is 64.7 Å². The van der Waals surface area contributed by atoms with Crippen LogP contribution in [0.2, 0.25) is 0 Å². The van der Waals surface area contributed by atoms with Crippen LogP contribution in [0.5, 0.6) is 5.75 Å². The number of piperidine rings is 1. The average molecular weight is 514 g/mol. The number of rotatable bonds is 5. The van der Waals surface area contributed by atoms with Crippen LogP contribution in [0.15, 0.2) is 48.5 Å². The van der Waals surface area contributed by atoms with Crippen molar-refractivity contribution in [2.24, 2.45) is 0 Å². The third-order valence-electron chi connectivity index (χ3n) is 5.04. The lowest BCUT2D eigenvalue weighted by atomic mass is 9.97. The minimum absolute atomic E-state index is 0.196. The number of fused-ring (bicyclic) bond motifs is 1. The van der Waals surface area contributed by atoms with Crippen LogP contribution in [0, 0.1) is 20.3 Å². The van der Waals surface area contributed by atoms with E-state index in [1.165, 1.54) is 6.92 Å². The smallest absolute Gasteiger partial charge is 0.295 e. The summed E-state index contributed by atoms with van der Waals surface area (Å²) in [6.45, 7) is -1.93. The zero-order valence-corrected chi connectivity index (χ0v) is 18.6. The molecule has 0 spiro atoms. The van der Waals surface area contributed by atoms with Crippen LogP contribution in [-0.4, -0.2) is 61.4 Å². The zero-order chi connectivity index (χ0) is 41.8. The van der Waals surface area contributed by atoms with Crippen molar-refractivity contribution in [3.05, 3.63) is 82.4 Å². The molecule has 1 amide bonds. The van der Waals surface area contributed by atoms with Gasteiger partial charge < -0.3 is 14.6 Å². The molecular weight excluding hydrogens is 470 g/mol. The first-order chi connectivity index (χ1) is 25.0. The molecule has 4 heterocycles. The summed E-state index contributed by atoms with van der Waals surface area (Å²) in [5.41, 5.74) is -5.27. The Bertz CT molecular complexity index is 2310. The topological polar surface area (TPSA) is 110 Å². The van der Waals surface area contributed by atoms with Gasteiger partial charge in [-0.05, 0) is 32.1 Å². The van der Waals surface area contributed by atoms with E-state index in [9.17, 15) is 9.59 Å². The SMILES string of the molecule is [2H]c1c([2H])c(C([N+]#[C-])=C2C([2H])([2H])C([2H])([2H])N(C(=O)C(=O)c3c[nH]c4c(-n5cnc(C([2H])([2H])[2H])n5)ncc(OC([2H])([2H])[2H])c34)C([2H])([2H])C2([2H])[2H])c([2H])c([2H])c1C. The number of amides is 1. The van der Waals surface area contributed by atoms with Gasteiger partial charge in [0.1, 0.15) is 17.9 Å². The fraction of sp³-hybridized carbons (Fsp3) is 0.259. The van der Waals surface area contributed by atoms with Crippen LogP contribution in [0.4, 0.5) is 0 Å². The summed E-state index contributed by atoms with van der Waals surface area (Å²) in [5, 5.41) is 3.25. The van der Waals surface area contributed by atoms with Gasteiger partial charge in [-0.25, -0.2) is 19.5 Å². The van der Waals surface area contributed by atoms with Crippen LogP contribution >= 0.6 is 0 Å². The number of carbonyl (C=O) groups excluding carboxylic acids is 2. The minimum Gasteiger partial charge on any atom is -0.494 e. The molecule has 1 saturated heterocycles. The summed E-state index contributed by atoms with van der Waals surface area (Å²) in [7, 11) is -3.21. The van der Waals surface area contributed by atoms with Gasteiger partial charge in [-0.15, -0.1) is 0 Å². The highest BCUT2D eigenvalue weighted by Crippen LogP contribution is 2.33. The number of pyridine rings is 1. The van der Waals surface area contributed by atoms with Crippen molar-refractivity contribution >= 4 is 28.3 Å². The molecule has 1 aliphatic heterocycles. The van der Waals surface area contributed by atoms with Gasteiger partial charge >= 0.3 is 0 Å². The summed E-state index contributed by atoms with van der Waals surface area (Å²) < 4.78 is 154. The molecule has 10 heteroatoms. The number of ketones is 1. The number of likely N-dealkylation sites (tertiary alicyclic amines) is 1. The van der Waals surface area contributed by atoms with E-state index in [1.54, 1.807) is 0 Å². The second-order valence-electron chi connectivity index (χ2n) is 7.29. The van der Waals surface area contributed by atoms with Crippen molar-refractivity contribution in [1.29, 1.82) is 0 Å². The molecule has 3 aromatic heterocycles. The summed E-state index contributed by atoms with van der Waals surface area (Å²) in [4.78, 5) is 40.7. The number of aromatic amines is 1. The Hall–Kier alpha value is -4.78. The standard InChI is InChI=1S/C27H25N7O3/c1-16-5-7-18(8-6-16)23(28-3)19-9-11-33(12-10-19)27(36)25(35)20-13-29-24-22(20)21(37-4)14-30-26(24)34-15-31-17(2)32-34/h5-8,13-15,29H,9-12H2,1-2,4H3/i2D3,4D3,5D,6D,7D,8D,9D2,10D2,11D2,12D2. The highest BCUT2D eigenvalue weighted by Gasteiger charge is 2.30. The monoisotopic (exact) mass is 513 g/mol. The number of Topliss-reactive ketones (excluding diaryl/α,β-unsaturated/α-hetero) is 1. The lowest BCUT2D eigenvalue weighted by Crippen LogP contribution is -2.40. The quantitative estimate of drug-likeness (QED) is 0.246. The molecule has 1 aromatic carbocycles. The highest BCUT2D eigenvalue weighted by molar-refractivity contribution is 6.45. The Labute approximate surface area is 238 Å². The van der Waals surface area contributed by atoms with Crippen molar-refractivity contribution in [1.82, 2.24) is 29.6 Å². The van der Waals surface area contributed by atoms with Gasteiger partial charge in [0.15, 0.2) is 11.5 Å². The van der Waals surface area contributed by atoms with Gasteiger partial charge in [0.2, 0.25) is 0 Å². The number of hydrogen-bond acceptors (Lipinski definition) is 6. The molecule has 186 valence electrons.